The van der Waals surface area contributed by atoms with E-state index >= 15 is 0 Å². The fraction of sp³-hybridized carbons (Fsp3) is 0.250. The van der Waals surface area contributed by atoms with E-state index in [0.717, 1.165) is 9.79 Å². The van der Waals surface area contributed by atoms with Crippen molar-refractivity contribution in [1.29, 1.82) is 0 Å². The highest BCUT2D eigenvalue weighted by atomic mass is 32.2. The predicted octanol–water partition coefficient (Wildman–Crippen LogP) is 7.42. The molecule has 0 radical (unpaired) electrons. The van der Waals surface area contributed by atoms with Crippen molar-refractivity contribution in [2.45, 2.75) is 49.8 Å². The fourth-order valence-corrected chi connectivity index (χ4v) is 5.55. The van der Waals surface area contributed by atoms with Gasteiger partial charge < -0.3 is 14.8 Å². The maximum absolute atomic E-state index is 12.7. The Hall–Kier alpha value is -3.39. The molecule has 0 saturated carbocycles. The number of halogens is 13. The molecule has 3 rings (SSSR count). The Morgan fingerprint density at radius 2 is 0.818 bits per heavy atom. The molecule has 44 heavy (non-hydrogen) atoms. The number of phenols is 2. The van der Waals surface area contributed by atoms with Crippen LogP contribution in [0.2, 0.25) is 0 Å². The first-order valence-electron chi connectivity index (χ1n) is 11.0. The first-order chi connectivity index (χ1) is 19.7. The number of benzene rings is 3. The van der Waals surface area contributed by atoms with Gasteiger partial charge in [0, 0.05) is 0 Å². The number of phenolic OH excluding ortho intramolecular Hbond substituents is 2. The van der Waals surface area contributed by atoms with Gasteiger partial charge in [0.05, 0.1) is 10.9 Å². The zero-order valence-corrected chi connectivity index (χ0v) is 22.5. The van der Waals surface area contributed by atoms with Crippen LogP contribution < -0.4 is 0 Å². The van der Waals surface area contributed by atoms with E-state index < -0.39 is 45.2 Å². The summed E-state index contributed by atoms with van der Waals surface area (Å²) in [7, 11) is -8.11. The van der Waals surface area contributed by atoms with E-state index in [2.05, 4.69) is 12.1 Å². The summed E-state index contributed by atoms with van der Waals surface area (Å²) in [5, 5.41) is 11.3. The molecular weight excluding hydrogens is 679 g/mol. The molecule has 5 nitrogen and oxygen atoms in total. The lowest BCUT2D eigenvalue weighted by atomic mass is 9.98. The van der Waals surface area contributed by atoms with Crippen LogP contribution in [0.25, 0.3) is 0 Å². The van der Waals surface area contributed by atoms with E-state index in [1.54, 1.807) is 24.3 Å². The van der Waals surface area contributed by atoms with Crippen LogP contribution in [0.15, 0.2) is 93.5 Å². The molecule has 0 saturated heterocycles. The minimum Gasteiger partial charge on any atom is -0.743 e. The number of aromatic hydroxyl groups is 2. The molecule has 0 unspecified atom stereocenters. The Balaban J connectivity index is 0.000000307. The van der Waals surface area contributed by atoms with E-state index in [1.807, 2.05) is 42.5 Å². The lowest BCUT2D eigenvalue weighted by Gasteiger charge is -2.39. The zero-order valence-electron chi connectivity index (χ0n) is 20.9. The standard InChI is InChI=1S/C18H14O2S.C6HF13O3S/c19-14-6-10-17(11-7-14)21(16-4-2-1-3-5-16)18-12-8-15(20)9-13-18;7-1(8,3(11,12)5(15,16)17)2(9,10)4(13,14)6(18,19)23(20,21)22/h1-13H,(H-,19,20);(H,20,21,22). The van der Waals surface area contributed by atoms with Crippen LogP contribution in [0.3, 0.4) is 0 Å². The SMILES string of the molecule is O=S(=O)([O-])C(F)(F)C(F)(F)C(F)(F)C(F)(F)C(F)(F)C(F)(F)F.Oc1ccc([S+](c2ccccc2)c2ccc(O)cc2)cc1. The Bertz CT molecular complexity index is 1470. The number of hydrogen-bond donors (Lipinski definition) is 2. The molecular formula is C24H15F13O5S2. The molecule has 0 aliphatic rings. The molecule has 20 heteroatoms. The maximum atomic E-state index is 12.7. The molecule has 0 bridgehead atoms. The van der Waals surface area contributed by atoms with Gasteiger partial charge in [0.2, 0.25) is 0 Å². The second-order valence-electron chi connectivity index (χ2n) is 8.37. The Kier molecular flexibility index (Phi) is 10.2. The third-order valence-corrected chi connectivity index (χ3v) is 8.46. The van der Waals surface area contributed by atoms with Gasteiger partial charge in [0.25, 0.3) is 0 Å². The van der Waals surface area contributed by atoms with Crippen LogP contribution in [-0.4, -0.2) is 58.3 Å². The van der Waals surface area contributed by atoms with Crippen LogP contribution >= 0.6 is 0 Å². The monoisotopic (exact) mass is 694 g/mol. The van der Waals surface area contributed by atoms with E-state index in [4.69, 9.17) is 0 Å². The van der Waals surface area contributed by atoms with Crippen molar-refractivity contribution in [2.75, 3.05) is 0 Å². The maximum Gasteiger partial charge on any atom is 0.460 e. The molecule has 0 spiro atoms. The predicted molar refractivity (Wildman–Crippen MR) is 125 cm³/mol. The molecule has 3 aromatic rings. The van der Waals surface area contributed by atoms with Gasteiger partial charge in [-0.15, -0.1) is 0 Å². The molecule has 0 atom stereocenters. The van der Waals surface area contributed by atoms with E-state index in [9.17, 15) is 80.3 Å². The van der Waals surface area contributed by atoms with Crippen LogP contribution in [0.5, 0.6) is 11.5 Å². The summed E-state index contributed by atoms with van der Waals surface area (Å²) in [4.78, 5) is 3.46. The number of alkyl halides is 13. The Labute approximate surface area is 241 Å². The van der Waals surface area contributed by atoms with E-state index in [0.29, 0.717) is 0 Å². The van der Waals surface area contributed by atoms with Crippen LogP contribution in [-0.2, 0) is 21.0 Å². The fourth-order valence-electron chi connectivity index (χ4n) is 3.04. The molecule has 0 heterocycles. The van der Waals surface area contributed by atoms with Crippen molar-refractivity contribution >= 4 is 21.0 Å². The van der Waals surface area contributed by atoms with Gasteiger partial charge in [-0.05, 0) is 60.7 Å². The Morgan fingerprint density at radius 3 is 1.14 bits per heavy atom. The zero-order chi connectivity index (χ0) is 34.2. The largest absolute Gasteiger partial charge is 0.743 e. The number of rotatable bonds is 8. The third kappa shape index (κ3) is 6.65. The molecule has 0 aromatic heterocycles. The molecule has 0 aliphatic heterocycles. The van der Waals surface area contributed by atoms with Gasteiger partial charge in [0.15, 0.2) is 24.8 Å². The second-order valence-corrected chi connectivity index (χ2v) is 11.8. The van der Waals surface area contributed by atoms with Crippen LogP contribution in [0.4, 0.5) is 57.1 Å². The first-order valence-corrected chi connectivity index (χ1v) is 13.7. The average molecular weight is 694 g/mol. The van der Waals surface area contributed by atoms with E-state index in [1.165, 1.54) is 4.90 Å². The summed E-state index contributed by atoms with van der Waals surface area (Å²) in [6, 6.07) is 24.8. The average Bonchev–Trinajstić information content (AvgIpc) is 2.90. The summed E-state index contributed by atoms with van der Waals surface area (Å²) >= 11 is 0. The van der Waals surface area contributed by atoms with Crippen LogP contribution in [0.1, 0.15) is 0 Å². The minimum atomic E-state index is -8.29. The highest BCUT2D eigenvalue weighted by molar-refractivity contribution is 7.97. The van der Waals surface area contributed by atoms with Crippen molar-refractivity contribution in [3.8, 4) is 11.5 Å². The van der Waals surface area contributed by atoms with Crippen molar-refractivity contribution in [3.63, 3.8) is 0 Å². The molecule has 244 valence electrons. The Morgan fingerprint density at radius 1 is 0.500 bits per heavy atom. The van der Waals surface area contributed by atoms with Crippen molar-refractivity contribution in [3.05, 3.63) is 78.9 Å². The smallest absolute Gasteiger partial charge is 0.460 e. The lowest BCUT2D eigenvalue weighted by Crippen LogP contribution is -2.71. The van der Waals surface area contributed by atoms with Gasteiger partial charge >= 0.3 is 35.1 Å². The highest BCUT2D eigenvalue weighted by Crippen LogP contribution is 2.60. The molecule has 0 aliphatic carbocycles. The van der Waals surface area contributed by atoms with Crippen molar-refractivity contribution in [1.82, 2.24) is 0 Å². The summed E-state index contributed by atoms with van der Waals surface area (Å²) in [6.45, 7) is 0. The van der Waals surface area contributed by atoms with Crippen molar-refractivity contribution in [2.24, 2.45) is 0 Å². The third-order valence-electron chi connectivity index (χ3n) is 5.34. The summed E-state index contributed by atoms with van der Waals surface area (Å²) < 4.78 is 189. The highest BCUT2D eigenvalue weighted by Gasteiger charge is 2.91. The summed E-state index contributed by atoms with van der Waals surface area (Å²) in [6.07, 6.45) is -7.61. The summed E-state index contributed by atoms with van der Waals surface area (Å²) in [5.41, 5.74) is 0. The first kappa shape index (κ1) is 36.8. The second kappa shape index (κ2) is 12.2. The van der Waals surface area contributed by atoms with Crippen LogP contribution in [0, 0.1) is 0 Å². The molecule has 0 fully saturated rings. The lowest BCUT2D eigenvalue weighted by molar-refractivity contribution is -0.433. The van der Waals surface area contributed by atoms with E-state index in [-0.39, 0.29) is 22.4 Å². The number of hydrogen-bond acceptors (Lipinski definition) is 5. The minimum absolute atomic E-state index is 0.253. The molecule has 2 N–H and O–H groups in total. The van der Waals surface area contributed by atoms with Gasteiger partial charge in [-0.25, -0.2) is 8.42 Å². The normalized spacial score (nSPS) is 13.8. The topological polar surface area (TPSA) is 97.7 Å². The van der Waals surface area contributed by atoms with Crippen molar-refractivity contribution < 1.29 is 80.3 Å². The molecule has 0 amide bonds. The summed E-state index contributed by atoms with van der Waals surface area (Å²) in [5.74, 6) is -32.1. The van der Waals surface area contributed by atoms with Gasteiger partial charge in [-0.1, -0.05) is 18.2 Å². The van der Waals surface area contributed by atoms with Gasteiger partial charge in [-0.3, -0.25) is 0 Å². The van der Waals surface area contributed by atoms with Gasteiger partial charge in [-0.2, -0.15) is 57.1 Å². The van der Waals surface area contributed by atoms with Gasteiger partial charge in [0.1, 0.15) is 11.5 Å². The quantitative estimate of drug-likeness (QED) is 0.145. The molecule has 3 aromatic carbocycles.